The fraction of sp³-hybridized carbons (Fsp3) is 0.545. The lowest BCUT2D eigenvalue weighted by molar-refractivity contribution is 0.0650. The van der Waals surface area contributed by atoms with E-state index in [4.69, 9.17) is 4.52 Å². The van der Waals surface area contributed by atoms with Crippen molar-refractivity contribution < 1.29 is 13.7 Å². The van der Waals surface area contributed by atoms with Crippen molar-refractivity contribution in [3.05, 3.63) is 53.2 Å². The summed E-state index contributed by atoms with van der Waals surface area (Å²) in [7, 11) is 4.00. The molecule has 1 amide bonds. The summed E-state index contributed by atoms with van der Waals surface area (Å²) >= 11 is 0. The topological polar surface area (TPSA) is 52.8 Å². The highest BCUT2D eigenvalue weighted by atomic mass is 19.1. The van der Waals surface area contributed by atoms with E-state index in [0.29, 0.717) is 37.0 Å². The summed E-state index contributed by atoms with van der Waals surface area (Å²) in [5.41, 5.74) is 1.09. The molecule has 1 aromatic carbocycles. The number of aryl methyl sites for hydroxylation is 1. The molecule has 6 nitrogen and oxygen atoms in total. The van der Waals surface area contributed by atoms with Gasteiger partial charge in [0, 0.05) is 44.4 Å². The Morgan fingerprint density at radius 3 is 2.79 bits per heavy atom. The van der Waals surface area contributed by atoms with E-state index in [1.165, 1.54) is 6.07 Å². The summed E-state index contributed by atoms with van der Waals surface area (Å²) in [5, 5.41) is 3.91. The molecule has 1 aliphatic heterocycles. The highest BCUT2D eigenvalue weighted by molar-refractivity contribution is 5.92. The van der Waals surface area contributed by atoms with Gasteiger partial charge in [0.25, 0.3) is 5.91 Å². The van der Waals surface area contributed by atoms with E-state index in [2.05, 4.69) is 15.0 Å². The summed E-state index contributed by atoms with van der Waals surface area (Å²) in [6.45, 7) is 6.31. The van der Waals surface area contributed by atoms with Crippen LogP contribution in [0.2, 0.25) is 0 Å². The van der Waals surface area contributed by atoms with Gasteiger partial charge >= 0.3 is 0 Å². The number of hydrogen-bond donors (Lipinski definition) is 0. The number of carbonyl (C=O) groups excluding carboxylic acids is 1. The molecule has 2 heterocycles. The summed E-state index contributed by atoms with van der Waals surface area (Å²) < 4.78 is 19.1. The second-order valence-corrected chi connectivity index (χ2v) is 8.21. The predicted octanol–water partition coefficient (Wildman–Crippen LogP) is 3.04. The Labute approximate surface area is 172 Å². The standard InChI is InChI=1S/C22H31FN4O2/c1-17-13-21(24-29-17)22(28)27(12-11-25(2)3)15-18-7-6-10-26(14-18)16-19-8-4-5-9-20(19)23/h4-5,8-9,13,18H,6-7,10-12,14-16H2,1-3H3/t18-/m0/s1. The number of carbonyl (C=O) groups is 1. The largest absolute Gasteiger partial charge is 0.361 e. The maximum Gasteiger partial charge on any atom is 0.276 e. The third-order valence-electron chi connectivity index (χ3n) is 5.38. The molecule has 2 aromatic rings. The van der Waals surface area contributed by atoms with E-state index in [9.17, 15) is 9.18 Å². The lowest BCUT2D eigenvalue weighted by atomic mass is 9.96. The van der Waals surface area contributed by atoms with Gasteiger partial charge < -0.3 is 14.3 Å². The van der Waals surface area contributed by atoms with E-state index in [1.54, 1.807) is 19.1 Å². The van der Waals surface area contributed by atoms with Crippen molar-refractivity contribution in [2.24, 2.45) is 5.92 Å². The Kier molecular flexibility index (Phi) is 7.39. The number of piperidine rings is 1. The van der Waals surface area contributed by atoms with Crippen LogP contribution in [0.25, 0.3) is 0 Å². The Hall–Kier alpha value is -2.25. The molecule has 0 radical (unpaired) electrons. The van der Waals surface area contributed by atoms with Crippen LogP contribution in [0.3, 0.4) is 0 Å². The van der Waals surface area contributed by atoms with Gasteiger partial charge in [-0.3, -0.25) is 9.69 Å². The fourth-order valence-corrected chi connectivity index (χ4v) is 3.85. The van der Waals surface area contributed by atoms with Crippen LogP contribution in [0, 0.1) is 18.7 Å². The normalized spacial score (nSPS) is 17.6. The van der Waals surface area contributed by atoms with E-state index < -0.39 is 0 Å². The van der Waals surface area contributed by atoms with Gasteiger partial charge in [0.05, 0.1) is 0 Å². The van der Waals surface area contributed by atoms with Gasteiger partial charge in [-0.25, -0.2) is 4.39 Å². The first-order valence-electron chi connectivity index (χ1n) is 10.3. The zero-order valence-electron chi connectivity index (χ0n) is 17.6. The molecular formula is C22H31FN4O2. The van der Waals surface area contributed by atoms with Crippen LogP contribution in [0.4, 0.5) is 4.39 Å². The number of likely N-dealkylation sites (N-methyl/N-ethyl adjacent to an activating group) is 1. The van der Waals surface area contributed by atoms with E-state index in [-0.39, 0.29) is 11.7 Å². The van der Waals surface area contributed by atoms with Crippen molar-refractivity contribution >= 4 is 5.91 Å². The molecule has 0 unspecified atom stereocenters. The van der Waals surface area contributed by atoms with Crippen molar-refractivity contribution in [2.45, 2.75) is 26.3 Å². The number of nitrogens with zero attached hydrogens (tertiary/aromatic N) is 4. The van der Waals surface area contributed by atoms with Crippen molar-refractivity contribution in [1.82, 2.24) is 19.9 Å². The van der Waals surface area contributed by atoms with Gasteiger partial charge in [0.1, 0.15) is 11.6 Å². The minimum absolute atomic E-state index is 0.0880. The quantitative estimate of drug-likeness (QED) is 0.679. The molecule has 7 heteroatoms. The number of halogens is 1. The van der Waals surface area contributed by atoms with E-state index in [0.717, 1.165) is 38.0 Å². The third-order valence-corrected chi connectivity index (χ3v) is 5.38. The molecule has 1 atom stereocenters. The summed E-state index contributed by atoms with van der Waals surface area (Å²) in [5.74, 6) is 0.748. The molecule has 0 saturated carbocycles. The first-order chi connectivity index (χ1) is 13.9. The van der Waals surface area contributed by atoms with Gasteiger partial charge in [-0.2, -0.15) is 0 Å². The molecule has 29 heavy (non-hydrogen) atoms. The van der Waals surface area contributed by atoms with Gasteiger partial charge in [0.15, 0.2) is 5.69 Å². The highest BCUT2D eigenvalue weighted by Gasteiger charge is 2.26. The fourth-order valence-electron chi connectivity index (χ4n) is 3.85. The Morgan fingerprint density at radius 2 is 2.10 bits per heavy atom. The lowest BCUT2D eigenvalue weighted by Gasteiger charge is -2.36. The van der Waals surface area contributed by atoms with Crippen molar-refractivity contribution in [3.63, 3.8) is 0 Å². The van der Waals surface area contributed by atoms with Crippen molar-refractivity contribution in [2.75, 3.05) is 46.8 Å². The number of aromatic nitrogens is 1. The van der Waals surface area contributed by atoms with Gasteiger partial charge in [-0.05, 0) is 52.4 Å². The summed E-state index contributed by atoms with van der Waals surface area (Å²) in [6.07, 6.45) is 2.12. The van der Waals surface area contributed by atoms with Crippen LogP contribution in [0.15, 0.2) is 34.9 Å². The molecular weight excluding hydrogens is 371 g/mol. The zero-order chi connectivity index (χ0) is 20.8. The van der Waals surface area contributed by atoms with Crippen LogP contribution in [-0.4, -0.2) is 72.6 Å². The third kappa shape index (κ3) is 6.11. The smallest absolute Gasteiger partial charge is 0.276 e. The molecule has 3 rings (SSSR count). The Morgan fingerprint density at radius 1 is 1.31 bits per heavy atom. The number of rotatable bonds is 8. The van der Waals surface area contributed by atoms with E-state index >= 15 is 0 Å². The molecule has 158 valence electrons. The van der Waals surface area contributed by atoms with Crippen molar-refractivity contribution in [1.29, 1.82) is 0 Å². The monoisotopic (exact) mass is 402 g/mol. The van der Waals surface area contributed by atoms with Crippen LogP contribution >= 0.6 is 0 Å². The molecule has 1 fully saturated rings. The molecule has 0 bridgehead atoms. The number of hydrogen-bond acceptors (Lipinski definition) is 5. The minimum Gasteiger partial charge on any atom is -0.361 e. The van der Waals surface area contributed by atoms with Crippen LogP contribution in [0.1, 0.15) is 34.7 Å². The van der Waals surface area contributed by atoms with Gasteiger partial charge in [0.2, 0.25) is 0 Å². The average Bonchev–Trinajstić information content (AvgIpc) is 3.13. The molecule has 0 N–H and O–H groups in total. The number of likely N-dealkylation sites (tertiary alicyclic amines) is 1. The maximum atomic E-state index is 14.0. The molecule has 1 saturated heterocycles. The summed E-state index contributed by atoms with van der Waals surface area (Å²) in [6, 6.07) is 8.65. The SMILES string of the molecule is Cc1cc(C(=O)N(CCN(C)C)C[C@H]2CCCN(Cc3ccccc3F)C2)no1. The second kappa shape index (κ2) is 9.98. The van der Waals surface area contributed by atoms with Crippen molar-refractivity contribution in [3.8, 4) is 0 Å². The minimum atomic E-state index is -0.154. The molecule has 1 aromatic heterocycles. The predicted molar refractivity (Wildman–Crippen MR) is 110 cm³/mol. The molecule has 1 aliphatic rings. The van der Waals surface area contributed by atoms with Gasteiger partial charge in [-0.1, -0.05) is 23.4 Å². The Bertz CT molecular complexity index is 808. The average molecular weight is 403 g/mol. The van der Waals surface area contributed by atoms with Crippen LogP contribution in [-0.2, 0) is 6.54 Å². The summed E-state index contributed by atoms with van der Waals surface area (Å²) in [4.78, 5) is 19.2. The second-order valence-electron chi connectivity index (χ2n) is 8.21. The number of amides is 1. The van der Waals surface area contributed by atoms with Gasteiger partial charge in [-0.15, -0.1) is 0 Å². The number of benzene rings is 1. The molecule has 0 aliphatic carbocycles. The Balaban J connectivity index is 1.64. The van der Waals surface area contributed by atoms with Crippen LogP contribution in [0.5, 0.6) is 0 Å². The molecule has 0 spiro atoms. The first-order valence-corrected chi connectivity index (χ1v) is 10.3. The maximum absolute atomic E-state index is 14.0. The lowest BCUT2D eigenvalue weighted by Crippen LogP contribution is -2.44. The van der Waals surface area contributed by atoms with Crippen LogP contribution < -0.4 is 0 Å². The van der Waals surface area contributed by atoms with E-state index in [1.807, 2.05) is 31.1 Å². The first kappa shape index (κ1) is 21.5. The zero-order valence-corrected chi connectivity index (χ0v) is 17.6. The highest BCUT2D eigenvalue weighted by Crippen LogP contribution is 2.21.